The molecule has 1 atom stereocenters. The second kappa shape index (κ2) is 5.28. The van der Waals surface area contributed by atoms with Gasteiger partial charge in [-0.15, -0.1) is 11.3 Å². The van der Waals surface area contributed by atoms with Gasteiger partial charge in [-0.2, -0.15) is 0 Å². The van der Waals surface area contributed by atoms with Crippen LogP contribution in [0.2, 0.25) is 0 Å². The van der Waals surface area contributed by atoms with Gasteiger partial charge in [0, 0.05) is 11.2 Å². The third kappa shape index (κ3) is 2.40. The molecule has 2 saturated heterocycles. The molecule has 1 aromatic heterocycles. The van der Waals surface area contributed by atoms with E-state index >= 15 is 0 Å². The number of hydrogen-bond donors (Lipinski definition) is 2. The lowest BCUT2D eigenvalue weighted by molar-refractivity contribution is -0.120. The lowest BCUT2D eigenvalue weighted by Gasteiger charge is -2.39. The third-order valence-corrected chi connectivity index (χ3v) is 5.65. The molecule has 2 amide bonds. The Labute approximate surface area is 136 Å². The number of amides is 2. The molecule has 2 N–H and O–H groups in total. The Kier molecular flexibility index (Phi) is 3.35. The zero-order valence-corrected chi connectivity index (χ0v) is 13.2. The summed E-state index contributed by atoms with van der Waals surface area (Å²) in [5.74, 6) is -0.674. The first-order valence-electron chi connectivity index (χ1n) is 7.61. The van der Waals surface area contributed by atoms with Crippen molar-refractivity contribution in [2.75, 3.05) is 13.1 Å². The number of thiophene rings is 1. The smallest absolute Gasteiger partial charge is 0.282 e. The summed E-state index contributed by atoms with van der Waals surface area (Å²) in [6, 6.07) is 6.17. The van der Waals surface area contributed by atoms with Gasteiger partial charge < -0.3 is 5.32 Å². The highest BCUT2D eigenvalue weighted by Gasteiger charge is 2.48. The Hall–Kier alpha value is -1.99. The second-order valence-corrected chi connectivity index (χ2v) is 7.23. The summed E-state index contributed by atoms with van der Waals surface area (Å²) in [7, 11) is 0. The average molecular weight is 333 g/mol. The van der Waals surface area contributed by atoms with E-state index in [-0.39, 0.29) is 17.6 Å². The van der Waals surface area contributed by atoms with Crippen molar-refractivity contribution in [1.82, 2.24) is 15.8 Å². The Morgan fingerprint density at radius 2 is 2.22 bits per heavy atom. The summed E-state index contributed by atoms with van der Waals surface area (Å²) in [5.41, 5.74) is 2.21. The van der Waals surface area contributed by atoms with Crippen molar-refractivity contribution in [3.63, 3.8) is 0 Å². The van der Waals surface area contributed by atoms with Crippen LogP contribution in [0.5, 0.6) is 0 Å². The minimum atomic E-state index is -0.492. The van der Waals surface area contributed by atoms with Crippen molar-refractivity contribution < 1.29 is 14.0 Å². The van der Waals surface area contributed by atoms with Gasteiger partial charge in [0.05, 0.1) is 16.8 Å². The van der Waals surface area contributed by atoms with Crippen LogP contribution in [0.25, 0.3) is 10.1 Å². The molecule has 2 fully saturated rings. The van der Waals surface area contributed by atoms with Crippen molar-refractivity contribution in [2.45, 2.75) is 24.8 Å². The van der Waals surface area contributed by atoms with E-state index in [1.54, 1.807) is 12.1 Å². The molecule has 2 aliphatic heterocycles. The fraction of sp³-hybridized carbons (Fsp3) is 0.375. The van der Waals surface area contributed by atoms with Gasteiger partial charge in [0.25, 0.3) is 5.91 Å². The average Bonchev–Trinajstić information content (AvgIpc) is 3.08. The molecular formula is C16H16FN3O2S. The van der Waals surface area contributed by atoms with Gasteiger partial charge in [-0.25, -0.2) is 9.40 Å². The molecule has 0 saturated carbocycles. The monoisotopic (exact) mass is 333 g/mol. The van der Waals surface area contributed by atoms with E-state index < -0.39 is 5.54 Å². The van der Waals surface area contributed by atoms with Crippen molar-refractivity contribution in [2.24, 2.45) is 0 Å². The number of benzene rings is 1. The molecule has 3 heterocycles. The van der Waals surface area contributed by atoms with Gasteiger partial charge >= 0.3 is 0 Å². The summed E-state index contributed by atoms with van der Waals surface area (Å²) in [5, 5.41) is 5.47. The van der Waals surface area contributed by atoms with Crippen molar-refractivity contribution in [3.05, 3.63) is 35.0 Å². The molecule has 5 nitrogen and oxygen atoms in total. The summed E-state index contributed by atoms with van der Waals surface area (Å²) >= 11 is 1.32. The van der Waals surface area contributed by atoms with Crippen LogP contribution in [-0.2, 0) is 4.79 Å². The molecule has 1 spiro atoms. The zero-order chi connectivity index (χ0) is 16.0. The number of nitrogens with zero attached hydrogens (tertiary/aromatic N) is 1. The number of hydrazine groups is 1. The quantitative estimate of drug-likeness (QED) is 0.839. The van der Waals surface area contributed by atoms with Crippen LogP contribution in [0, 0.1) is 5.82 Å². The molecule has 120 valence electrons. The van der Waals surface area contributed by atoms with Gasteiger partial charge in [-0.1, -0.05) is 0 Å². The maximum atomic E-state index is 13.3. The lowest BCUT2D eigenvalue weighted by atomic mass is 9.87. The molecule has 0 aliphatic carbocycles. The number of rotatable bonds is 1. The number of fused-ring (bicyclic) bond motifs is 1. The standard InChI is InChI=1S/C16H16FN3O2S/c17-11-2-3-12-10(6-11)7-13(23-12)15(22)20-16(8-14(21)19-20)4-1-5-18-9-16/h2-3,6-7,18H,1,4-5,8-9H2,(H,19,21). The molecule has 4 rings (SSSR count). The van der Waals surface area contributed by atoms with Crippen LogP contribution < -0.4 is 10.7 Å². The minimum absolute atomic E-state index is 0.130. The number of carbonyl (C=O) groups excluding carboxylic acids is 2. The summed E-state index contributed by atoms with van der Waals surface area (Å²) in [6.07, 6.45) is 2.05. The second-order valence-electron chi connectivity index (χ2n) is 6.15. The van der Waals surface area contributed by atoms with Crippen LogP contribution in [0.3, 0.4) is 0 Å². The first-order valence-corrected chi connectivity index (χ1v) is 8.43. The highest BCUT2D eigenvalue weighted by Crippen LogP contribution is 2.34. The number of halogens is 1. The van der Waals surface area contributed by atoms with Crippen LogP contribution in [0.1, 0.15) is 28.9 Å². The Balaban J connectivity index is 1.69. The normalized spacial score (nSPS) is 24.4. The molecule has 7 heteroatoms. The van der Waals surface area contributed by atoms with Crippen molar-refractivity contribution >= 4 is 33.2 Å². The summed E-state index contributed by atoms with van der Waals surface area (Å²) in [4.78, 5) is 25.3. The predicted octanol–water partition coefficient (Wildman–Crippen LogP) is 2.04. The Bertz CT molecular complexity index is 798. The van der Waals surface area contributed by atoms with E-state index in [1.807, 2.05) is 0 Å². The maximum absolute atomic E-state index is 13.3. The van der Waals surface area contributed by atoms with Crippen LogP contribution in [0.15, 0.2) is 24.3 Å². The highest BCUT2D eigenvalue weighted by atomic mass is 32.1. The van der Waals surface area contributed by atoms with Gasteiger partial charge in [-0.3, -0.25) is 15.0 Å². The zero-order valence-electron chi connectivity index (χ0n) is 12.4. The highest BCUT2D eigenvalue weighted by molar-refractivity contribution is 7.20. The third-order valence-electron chi connectivity index (χ3n) is 4.54. The van der Waals surface area contributed by atoms with Crippen LogP contribution >= 0.6 is 11.3 Å². The molecule has 0 bridgehead atoms. The van der Waals surface area contributed by atoms with Gasteiger partial charge in [0.1, 0.15) is 5.82 Å². The number of piperidine rings is 1. The van der Waals surface area contributed by atoms with Gasteiger partial charge in [-0.05, 0) is 49.0 Å². The minimum Gasteiger partial charge on any atom is -0.314 e. The van der Waals surface area contributed by atoms with E-state index in [0.29, 0.717) is 23.2 Å². The van der Waals surface area contributed by atoms with E-state index in [9.17, 15) is 14.0 Å². The Morgan fingerprint density at radius 1 is 1.35 bits per heavy atom. The largest absolute Gasteiger partial charge is 0.314 e. The molecule has 2 aromatic rings. The molecule has 2 aliphatic rings. The van der Waals surface area contributed by atoms with Crippen LogP contribution in [-0.4, -0.2) is 35.5 Å². The molecule has 1 aromatic carbocycles. The van der Waals surface area contributed by atoms with Crippen molar-refractivity contribution in [1.29, 1.82) is 0 Å². The first kappa shape index (κ1) is 14.6. The maximum Gasteiger partial charge on any atom is 0.282 e. The fourth-order valence-electron chi connectivity index (χ4n) is 3.45. The van der Waals surface area contributed by atoms with Crippen LogP contribution in [0.4, 0.5) is 4.39 Å². The SMILES string of the molecule is O=C1CC2(CCCNC2)N(C(=O)c2cc3cc(F)ccc3s2)N1. The first-order chi connectivity index (χ1) is 11.1. The number of hydrogen-bond acceptors (Lipinski definition) is 4. The summed E-state index contributed by atoms with van der Waals surface area (Å²) < 4.78 is 14.2. The molecular weight excluding hydrogens is 317 g/mol. The topological polar surface area (TPSA) is 61.4 Å². The number of nitrogens with one attached hydrogen (secondary N) is 2. The van der Waals surface area contributed by atoms with E-state index in [4.69, 9.17) is 0 Å². The summed E-state index contributed by atoms with van der Waals surface area (Å²) in [6.45, 7) is 1.51. The van der Waals surface area contributed by atoms with Gasteiger partial charge in [0.15, 0.2) is 0 Å². The number of carbonyl (C=O) groups is 2. The predicted molar refractivity (Wildman–Crippen MR) is 85.5 cm³/mol. The molecule has 1 unspecified atom stereocenters. The molecule has 0 radical (unpaired) electrons. The van der Waals surface area contributed by atoms with E-state index in [1.165, 1.54) is 28.5 Å². The van der Waals surface area contributed by atoms with Crippen molar-refractivity contribution in [3.8, 4) is 0 Å². The fourth-order valence-corrected chi connectivity index (χ4v) is 4.42. The van der Waals surface area contributed by atoms with E-state index in [0.717, 1.165) is 24.1 Å². The molecule has 23 heavy (non-hydrogen) atoms. The Morgan fingerprint density at radius 3 is 3.00 bits per heavy atom. The van der Waals surface area contributed by atoms with E-state index in [2.05, 4.69) is 10.7 Å². The lowest BCUT2D eigenvalue weighted by Crippen LogP contribution is -2.58. The van der Waals surface area contributed by atoms with Gasteiger partial charge in [0.2, 0.25) is 5.91 Å².